The summed E-state index contributed by atoms with van der Waals surface area (Å²) in [4.78, 5) is 19.7. The van der Waals surface area contributed by atoms with Crippen LogP contribution in [0.5, 0.6) is 11.5 Å². The van der Waals surface area contributed by atoms with Crippen LogP contribution in [0.25, 0.3) is 11.0 Å². The van der Waals surface area contributed by atoms with Crippen LogP contribution in [0.1, 0.15) is 16.2 Å². The van der Waals surface area contributed by atoms with Crippen molar-refractivity contribution in [2.75, 3.05) is 52.0 Å². The summed E-state index contributed by atoms with van der Waals surface area (Å²) in [5.74, 6) is 1.66. The van der Waals surface area contributed by atoms with Crippen molar-refractivity contribution in [3.63, 3.8) is 0 Å². The predicted octanol–water partition coefficient (Wildman–Crippen LogP) is 1.92. The summed E-state index contributed by atoms with van der Waals surface area (Å²) < 4.78 is 37.5. The Hall–Kier alpha value is -3.15. The Bertz CT molecular complexity index is 1310. The third kappa shape index (κ3) is 5.01. The van der Waals surface area contributed by atoms with Crippen molar-refractivity contribution in [2.45, 2.75) is 6.54 Å². The van der Waals surface area contributed by atoms with E-state index < -0.39 is 10.0 Å². The molecule has 0 spiro atoms. The van der Waals surface area contributed by atoms with Gasteiger partial charge in [0.1, 0.15) is 5.82 Å². The quantitative estimate of drug-likeness (QED) is 0.543. The van der Waals surface area contributed by atoms with E-state index >= 15 is 0 Å². The van der Waals surface area contributed by atoms with Crippen molar-refractivity contribution in [3.05, 3.63) is 47.8 Å². The standard InChI is InChI=1S/C23H29N5O5S/c1-26-19-7-6-17(24-23(29)16-5-8-20(32-2)21(13-16)33-3)14-18(19)25-22(26)15-27-9-11-28(12-10-27)34(4,30)31/h5-8,13-14H,9-12,15H2,1-4H3,(H,24,29). The molecule has 0 bridgehead atoms. The number of methoxy groups -OCH3 is 2. The lowest BCUT2D eigenvalue weighted by Crippen LogP contribution is -2.48. The van der Waals surface area contributed by atoms with Gasteiger partial charge in [0, 0.05) is 44.5 Å². The monoisotopic (exact) mass is 487 g/mol. The van der Waals surface area contributed by atoms with E-state index in [0.717, 1.165) is 16.9 Å². The molecule has 1 aliphatic heterocycles. The second-order valence-electron chi connectivity index (χ2n) is 8.25. The highest BCUT2D eigenvalue weighted by molar-refractivity contribution is 7.88. The second-order valence-corrected chi connectivity index (χ2v) is 10.2. The summed E-state index contributed by atoms with van der Waals surface area (Å²) in [5.41, 5.74) is 2.82. The molecule has 11 heteroatoms. The molecule has 182 valence electrons. The van der Waals surface area contributed by atoms with Crippen LogP contribution in [0.3, 0.4) is 0 Å². The van der Waals surface area contributed by atoms with Gasteiger partial charge in [0.05, 0.1) is 38.1 Å². The lowest BCUT2D eigenvalue weighted by Gasteiger charge is -2.32. The van der Waals surface area contributed by atoms with Gasteiger partial charge in [-0.2, -0.15) is 4.31 Å². The second kappa shape index (κ2) is 9.61. The Morgan fingerprint density at radius 1 is 1.03 bits per heavy atom. The zero-order valence-electron chi connectivity index (χ0n) is 19.7. The number of nitrogens with one attached hydrogen (secondary N) is 1. The van der Waals surface area contributed by atoms with Gasteiger partial charge in [0.25, 0.3) is 5.91 Å². The SMILES string of the molecule is COc1ccc(C(=O)Nc2ccc3c(c2)nc(CN2CCN(S(C)(=O)=O)CC2)n3C)cc1OC. The van der Waals surface area contributed by atoms with Crippen molar-refractivity contribution >= 4 is 32.7 Å². The maximum absolute atomic E-state index is 12.8. The van der Waals surface area contributed by atoms with Crippen LogP contribution in [-0.2, 0) is 23.6 Å². The van der Waals surface area contributed by atoms with Gasteiger partial charge in [0.15, 0.2) is 11.5 Å². The predicted molar refractivity (Wildman–Crippen MR) is 130 cm³/mol. The first kappa shape index (κ1) is 24.0. The highest BCUT2D eigenvalue weighted by atomic mass is 32.2. The van der Waals surface area contributed by atoms with Crippen molar-refractivity contribution in [3.8, 4) is 11.5 Å². The molecule has 1 amide bonds. The Balaban J connectivity index is 1.47. The maximum Gasteiger partial charge on any atom is 0.255 e. The largest absolute Gasteiger partial charge is 0.493 e. The van der Waals surface area contributed by atoms with Gasteiger partial charge in [-0.05, 0) is 36.4 Å². The van der Waals surface area contributed by atoms with Crippen LogP contribution >= 0.6 is 0 Å². The minimum absolute atomic E-state index is 0.264. The summed E-state index contributed by atoms with van der Waals surface area (Å²) in [6.07, 6.45) is 1.25. The van der Waals surface area contributed by atoms with E-state index in [-0.39, 0.29) is 5.91 Å². The number of nitrogens with zero attached hydrogens (tertiary/aromatic N) is 4. The molecule has 34 heavy (non-hydrogen) atoms. The number of hydrogen-bond acceptors (Lipinski definition) is 7. The maximum atomic E-state index is 12.8. The van der Waals surface area contributed by atoms with Crippen LogP contribution in [0.15, 0.2) is 36.4 Å². The molecule has 1 aromatic heterocycles. The number of imidazole rings is 1. The molecule has 10 nitrogen and oxygen atoms in total. The zero-order chi connectivity index (χ0) is 24.5. The average molecular weight is 488 g/mol. The van der Waals surface area contributed by atoms with Gasteiger partial charge in [-0.1, -0.05) is 0 Å². The van der Waals surface area contributed by atoms with Crippen molar-refractivity contribution in [2.24, 2.45) is 7.05 Å². The fourth-order valence-corrected chi connectivity index (χ4v) is 4.90. The third-order valence-electron chi connectivity index (χ3n) is 6.04. The first-order chi connectivity index (χ1) is 16.2. The van der Waals surface area contributed by atoms with E-state index in [1.54, 1.807) is 25.3 Å². The van der Waals surface area contributed by atoms with Crippen LogP contribution < -0.4 is 14.8 Å². The number of carbonyl (C=O) groups is 1. The number of aryl methyl sites for hydroxylation is 1. The van der Waals surface area contributed by atoms with E-state index in [1.807, 2.05) is 29.8 Å². The molecule has 0 atom stereocenters. The molecular weight excluding hydrogens is 458 g/mol. The number of ether oxygens (including phenoxy) is 2. The number of carbonyl (C=O) groups excluding carboxylic acids is 1. The molecule has 1 aliphatic rings. The highest BCUT2D eigenvalue weighted by Crippen LogP contribution is 2.28. The average Bonchev–Trinajstić information content (AvgIpc) is 3.12. The summed E-state index contributed by atoms with van der Waals surface area (Å²) in [5, 5.41) is 2.91. The third-order valence-corrected chi connectivity index (χ3v) is 7.35. The molecule has 0 radical (unpaired) electrons. The summed E-state index contributed by atoms with van der Waals surface area (Å²) >= 11 is 0. The minimum atomic E-state index is -3.16. The number of hydrogen-bond donors (Lipinski definition) is 1. The van der Waals surface area contributed by atoms with Gasteiger partial charge < -0.3 is 19.4 Å². The summed E-state index contributed by atoms with van der Waals surface area (Å²) in [7, 11) is 1.87. The smallest absolute Gasteiger partial charge is 0.255 e. The van der Waals surface area contributed by atoms with Crippen LogP contribution in [-0.4, -0.2) is 79.7 Å². The fourth-order valence-electron chi connectivity index (χ4n) is 4.07. The molecule has 1 fully saturated rings. The highest BCUT2D eigenvalue weighted by Gasteiger charge is 2.24. The van der Waals surface area contributed by atoms with Crippen LogP contribution in [0, 0.1) is 0 Å². The van der Waals surface area contributed by atoms with Crippen LogP contribution in [0.2, 0.25) is 0 Å². The van der Waals surface area contributed by atoms with Gasteiger partial charge in [-0.15, -0.1) is 0 Å². The number of piperazine rings is 1. The summed E-state index contributed by atoms with van der Waals surface area (Å²) in [6.45, 7) is 2.89. The normalized spacial score (nSPS) is 15.4. The first-order valence-electron chi connectivity index (χ1n) is 10.9. The van der Waals surface area contributed by atoms with Gasteiger partial charge in [0.2, 0.25) is 10.0 Å². The van der Waals surface area contributed by atoms with E-state index in [4.69, 9.17) is 14.5 Å². The molecule has 0 unspecified atom stereocenters. The molecule has 1 saturated heterocycles. The van der Waals surface area contributed by atoms with Crippen molar-refractivity contribution in [1.82, 2.24) is 18.8 Å². The molecule has 0 aliphatic carbocycles. The molecule has 0 saturated carbocycles. The molecule has 4 rings (SSSR count). The summed E-state index contributed by atoms with van der Waals surface area (Å²) in [6, 6.07) is 10.6. The molecular formula is C23H29N5O5S. The number of aromatic nitrogens is 2. The van der Waals surface area contributed by atoms with Crippen LogP contribution in [0.4, 0.5) is 5.69 Å². The van der Waals surface area contributed by atoms with E-state index in [1.165, 1.54) is 17.7 Å². The number of fused-ring (bicyclic) bond motifs is 1. The zero-order valence-corrected chi connectivity index (χ0v) is 20.6. The molecule has 3 aromatic rings. The lowest BCUT2D eigenvalue weighted by molar-refractivity contribution is 0.102. The molecule has 2 aromatic carbocycles. The van der Waals surface area contributed by atoms with Crippen molar-refractivity contribution in [1.29, 1.82) is 0 Å². The number of amides is 1. The Labute approximate surface area is 199 Å². The minimum Gasteiger partial charge on any atom is -0.493 e. The topological polar surface area (TPSA) is 106 Å². The lowest BCUT2D eigenvalue weighted by atomic mass is 10.1. The number of rotatable bonds is 7. The fraction of sp³-hybridized carbons (Fsp3) is 0.391. The number of anilines is 1. The van der Waals surface area contributed by atoms with E-state index in [9.17, 15) is 13.2 Å². The van der Waals surface area contributed by atoms with E-state index in [2.05, 4.69) is 10.2 Å². The Kier molecular flexibility index (Phi) is 6.78. The Morgan fingerprint density at radius 2 is 1.74 bits per heavy atom. The first-order valence-corrected chi connectivity index (χ1v) is 12.7. The molecule has 2 heterocycles. The van der Waals surface area contributed by atoms with Crippen molar-refractivity contribution < 1.29 is 22.7 Å². The number of benzene rings is 2. The van der Waals surface area contributed by atoms with Gasteiger partial charge in [-0.25, -0.2) is 13.4 Å². The van der Waals surface area contributed by atoms with Gasteiger partial charge >= 0.3 is 0 Å². The van der Waals surface area contributed by atoms with Gasteiger partial charge in [-0.3, -0.25) is 9.69 Å². The Morgan fingerprint density at radius 3 is 2.38 bits per heavy atom. The van der Waals surface area contributed by atoms with E-state index in [0.29, 0.717) is 55.5 Å². The number of sulfonamides is 1. The molecule has 1 N–H and O–H groups in total.